The number of anilines is 1. The van der Waals surface area contributed by atoms with E-state index in [1.807, 2.05) is 44.2 Å². The number of alkyl halides is 1. The molecule has 1 heterocycles. The van der Waals surface area contributed by atoms with E-state index in [1.165, 1.54) is 0 Å². The highest BCUT2D eigenvalue weighted by Gasteiger charge is 2.10. The molecule has 0 spiro atoms. The van der Waals surface area contributed by atoms with Gasteiger partial charge >= 0.3 is 0 Å². The van der Waals surface area contributed by atoms with Gasteiger partial charge in [0.25, 0.3) is 5.91 Å². The van der Waals surface area contributed by atoms with Gasteiger partial charge in [0.15, 0.2) is 0 Å². The molecule has 1 amide bonds. The van der Waals surface area contributed by atoms with Gasteiger partial charge in [-0.3, -0.25) is 9.78 Å². The Morgan fingerprint density at radius 3 is 2.74 bits per heavy atom. The smallest absolute Gasteiger partial charge is 0.257 e. The van der Waals surface area contributed by atoms with Crippen molar-refractivity contribution in [3.05, 3.63) is 58.9 Å². The molecule has 1 aromatic carbocycles. The first-order chi connectivity index (χ1) is 9.10. The van der Waals surface area contributed by atoms with Crippen LogP contribution in [0.25, 0.3) is 0 Å². The van der Waals surface area contributed by atoms with Gasteiger partial charge < -0.3 is 5.32 Å². The van der Waals surface area contributed by atoms with Crippen molar-refractivity contribution in [2.24, 2.45) is 0 Å². The third kappa shape index (κ3) is 3.32. The fourth-order valence-corrected chi connectivity index (χ4v) is 2.02. The number of carbonyl (C=O) groups is 1. The second kappa shape index (κ2) is 5.85. The van der Waals surface area contributed by atoms with Gasteiger partial charge in [0.2, 0.25) is 0 Å². The third-order valence-corrected chi connectivity index (χ3v) is 3.12. The zero-order valence-electron chi connectivity index (χ0n) is 10.9. The zero-order valence-corrected chi connectivity index (χ0v) is 11.7. The summed E-state index contributed by atoms with van der Waals surface area (Å²) in [6.45, 7) is 3.73. The predicted octanol–water partition coefficient (Wildman–Crippen LogP) is 3.69. The summed E-state index contributed by atoms with van der Waals surface area (Å²) in [7, 11) is 0. The Balaban J connectivity index is 2.20. The number of halogens is 1. The quantitative estimate of drug-likeness (QED) is 0.868. The number of carbonyl (C=O) groups excluding carboxylic acids is 1. The van der Waals surface area contributed by atoms with Crippen molar-refractivity contribution in [1.82, 2.24) is 4.98 Å². The van der Waals surface area contributed by atoms with Gasteiger partial charge in [-0.05, 0) is 43.7 Å². The maximum atomic E-state index is 12.2. The average Bonchev–Trinajstić information content (AvgIpc) is 2.38. The number of aryl methyl sites for hydroxylation is 2. The Morgan fingerprint density at radius 1 is 1.26 bits per heavy atom. The second-order valence-corrected chi connectivity index (χ2v) is 4.64. The standard InChI is InChI=1S/C15H15ClN2O/c1-10-6-7-14(11(2)17-10)15(19)18-13-5-3-4-12(8-13)9-16/h3-8H,9H2,1-2H3,(H,18,19). The van der Waals surface area contributed by atoms with Gasteiger partial charge in [0, 0.05) is 17.3 Å². The van der Waals surface area contributed by atoms with Crippen LogP contribution in [0.2, 0.25) is 0 Å². The summed E-state index contributed by atoms with van der Waals surface area (Å²) >= 11 is 5.77. The molecule has 0 radical (unpaired) electrons. The Bertz CT molecular complexity index is 611. The first kappa shape index (κ1) is 13.6. The van der Waals surface area contributed by atoms with E-state index >= 15 is 0 Å². The van der Waals surface area contributed by atoms with Crippen LogP contribution in [-0.4, -0.2) is 10.9 Å². The Labute approximate surface area is 117 Å². The van der Waals surface area contributed by atoms with Crippen LogP contribution in [0, 0.1) is 13.8 Å². The molecule has 0 saturated carbocycles. The minimum Gasteiger partial charge on any atom is -0.322 e. The molecular weight excluding hydrogens is 260 g/mol. The molecule has 3 nitrogen and oxygen atoms in total. The summed E-state index contributed by atoms with van der Waals surface area (Å²) in [5.74, 6) is 0.270. The minimum atomic E-state index is -0.156. The molecule has 0 fully saturated rings. The highest BCUT2D eigenvalue weighted by molar-refractivity contribution is 6.17. The number of pyridine rings is 1. The lowest BCUT2D eigenvalue weighted by molar-refractivity contribution is 0.102. The number of hydrogen-bond donors (Lipinski definition) is 1. The fraction of sp³-hybridized carbons (Fsp3) is 0.200. The summed E-state index contributed by atoms with van der Waals surface area (Å²) < 4.78 is 0. The molecule has 19 heavy (non-hydrogen) atoms. The molecule has 1 N–H and O–H groups in total. The van der Waals surface area contributed by atoms with E-state index in [0.29, 0.717) is 11.4 Å². The molecule has 2 rings (SSSR count). The van der Waals surface area contributed by atoms with Gasteiger partial charge in [0.05, 0.1) is 11.3 Å². The van der Waals surface area contributed by atoms with Gasteiger partial charge in [-0.2, -0.15) is 0 Å². The molecule has 0 aliphatic carbocycles. The minimum absolute atomic E-state index is 0.156. The highest BCUT2D eigenvalue weighted by atomic mass is 35.5. The van der Waals surface area contributed by atoms with E-state index in [9.17, 15) is 4.79 Å². The molecule has 0 unspecified atom stereocenters. The largest absolute Gasteiger partial charge is 0.322 e. The van der Waals surface area contributed by atoms with Crippen LogP contribution in [0.4, 0.5) is 5.69 Å². The Hall–Kier alpha value is -1.87. The van der Waals surface area contributed by atoms with Gasteiger partial charge in [-0.15, -0.1) is 11.6 Å². The van der Waals surface area contributed by atoms with E-state index in [4.69, 9.17) is 11.6 Å². The lowest BCUT2D eigenvalue weighted by Gasteiger charge is -2.08. The van der Waals surface area contributed by atoms with Crippen molar-refractivity contribution in [3.8, 4) is 0 Å². The molecule has 0 atom stereocenters. The number of nitrogens with one attached hydrogen (secondary N) is 1. The van der Waals surface area contributed by atoms with Crippen LogP contribution in [0.3, 0.4) is 0 Å². The summed E-state index contributed by atoms with van der Waals surface area (Å²) in [4.78, 5) is 16.4. The topological polar surface area (TPSA) is 42.0 Å². The van der Waals surface area contributed by atoms with Crippen molar-refractivity contribution in [2.75, 3.05) is 5.32 Å². The second-order valence-electron chi connectivity index (χ2n) is 4.37. The SMILES string of the molecule is Cc1ccc(C(=O)Nc2cccc(CCl)c2)c(C)n1. The van der Waals surface area contributed by atoms with E-state index in [1.54, 1.807) is 6.07 Å². The van der Waals surface area contributed by atoms with Crippen LogP contribution in [0.5, 0.6) is 0 Å². The van der Waals surface area contributed by atoms with E-state index in [2.05, 4.69) is 10.3 Å². The van der Waals surface area contributed by atoms with Crippen molar-refractivity contribution in [2.45, 2.75) is 19.7 Å². The molecule has 0 aliphatic heterocycles. The van der Waals surface area contributed by atoms with E-state index in [0.717, 1.165) is 22.6 Å². The van der Waals surface area contributed by atoms with Crippen LogP contribution in [0.15, 0.2) is 36.4 Å². The number of amides is 1. The average molecular weight is 275 g/mol. The molecule has 2 aromatic rings. The van der Waals surface area contributed by atoms with Crippen LogP contribution in [0.1, 0.15) is 27.3 Å². The van der Waals surface area contributed by atoms with Gasteiger partial charge in [-0.25, -0.2) is 0 Å². The van der Waals surface area contributed by atoms with Crippen molar-refractivity contribution in [1.29, 1.82) is 0 Å². The van der Waals surface area contributed by atoms with Crippen LogP contribution < -0.4 is 5.32 Å². The maximum Gasteiger partial charge on any atom is 0.257 e. The summed E-state index contributed by atoms with van der Waals surface area (Å²) in [5.41, 5.74) is 3.92. The lowest BCUT2D eigenvalue weighted by Crippen LogP contribution is -2.14. The molecular formula is C15H15ClN2O. The summed E-state index contributed by atoms with van der Waals surface area (Å²) in [5, 5.41) is 2.86. The molecule has 0 bridgehead atoms. The van der Waals surface area contributed by atoms with Crippen LogP contribution >= 0.6 is 11.6 Å². The van der Waals surface area contributed by atoms with Crippen molar-refractivity contribution >= 4 is 23.2 Å². The highest BCUT2D eigenvalue weighted by Crippen LogP contribution is 2.15. The maximum absolute atomic E-state index is 12.2. The number of aromatic nitrogens is 1. The number of nitrogens with zero attached hydrogens (tertiary/aromatic N) is 1. The molecule has 0 saturated heterocycles. The third-order valence-electron chi connectivity index (χ3n) is 2.81. The van der Waals surface area contributed by atoms with Gasteiger partial charge in [-0.1, -0.05) is 12.1 Å². The molecule has 1 aromatic heterocycles. The number of rotatable bonds is 3. The van der Waals surface area contributed by atoms with E-state index in [-0.39, 0.29) is 5.91 Å². The monoisotopic (exact) mass is 274 g/mol. The zero-order chi connectivity index (χ0) is 13.8. The van der Waals surface area contributed by atoms with Crippen molar-refractivity contribution < 1.29 is 4.79 Å². The van der Waals surface area contributed by atoms with E-state index < -0.39 is 0 Å². The molecule has 0 aliphatic rings. The Kier molecular flexibility index (Phi) is 4.17. The van der Waals surface area contributed by atoms with Crippen LogP contribution in [-0.2, 0) is 5.88 Å². The molecule has 4 heteroatoms. The predicted molar refractivity (Wildman–Crippen MR) is 77.7 cm³/mol. The first-order valence-corrected chi connectivity index (χ1v) is 6.54. The van der Waals surface area contributed by atoms with Gasteiger partial charge in [0.1, 0.15) is 0 Å². The normalized spacial score (nSPS) is 10.3. The first-order valence-electron chi connectivity index (χ1n) is 6.00. The summed E-state index contributed by atoms with van der Waals surface area (Å²) in [6, 6.07) is 11.1. The Morgan fingerprint density at radius 2 is 2.05 bits per heavy atom. The number of hydrogen-bond acceptors (Lipinski definition) is 2. The van der Waals surface area contributed by atoms with Crippen molar-refractivity contribution in [3.63, 3.8) is 0 Å². The molecule has 98 valence electrons. The number of benzene rings is 1. The summed E-state index contributed by atoms with van der Waals surface area (Å²) in [6.07, 6.45) is 0. The fourth-order valence-electron chi connectivity index (χ4n) is 1.86. The lowest BCUT2D eigenvalue weighted by atomic mass is 10.1.